The Labute approximate surface area is 179 Å². The molecule has 0 aromatic heterocycles. The lowest BCUT2D eigenvalue weighted by Crippen LogP contribution is -2.40. The van der Waals surface area contributed by atoms with E-state index in [-0.39, 0.29) is 24.0 Å². The van der Waals surface area contributed by atoms with E-state index in [0.717, 1.165) is 51.7 Å². The summed E-state index contributed by atoms with van der Waals surface area (Å²) in [6.45, 7) is 6.31. The Kier molecular flexibility index (Phi) is 13.2. The van der Waals surface area contributed by atoms with Gasteiger partial charge in [-0.05, 0) is 31.4 Å². The molecule has 1 aromatic rings. The fourth-order valence-electron chi connectivity index (χ4n) is 2.61. The molecule has 1 saturated heterocycles. The molecule has 148 valence electrons. The summed E-state index contributed by atoms with van der Waals surface area (Å²) in [7, 11) is 1.80. The molecule has 2 atom stereocenters. The maximum atomic E-state index is 5.67. The third-order valence-corrected chi connectivity index (χ3v) is 5.06. The Morgan fingerprint density at radius 3 is 2.85 bits per heavy atom. The second kappa shape index (κ2) is 14.5. The highest BCUT2D eigenvalue weighted by Crippen LogP contribution is 2.21. The van der Waals surface area contributed by atoms with E-state index in [9.17, 15) is 0 Å². The highest BCUT2D eigenvalue weighted by atomic mass is 127. The van der Waals surface area contributed by atoms with Crippen LogP contribution < -0.4 is 10.6 Å². The van der Waals surface area contributed by atoms with Gasteiger partial charge in [-0.15, -0.1) is 35.7 Å². The molecule has 0 bridgehead atoms. The highest BCUT2D eigenvalue weighted by molar-refractivity contribution is 14.0. The fraction of sp³-hybridized carbons (Fsp3) is 0.632. The number of ether oxygens (including phenoxy) is 2. The number of hydrogen-bond donors (Lipinski definition) is 2. The minimum absolute atomic E-state index is 0. The Bertz CT molecular complexity index is 499. The summed E-state index contributed by atoms with van der Waals surface area (Å²) in [6.07, 6.45) is 3.57. The van der Waals surface area contributed by atoms with Gasteiger partial charge < -0.3 is 20.1 Å². The van der Waals surface area contributed by atoms with Gasteiger partial charge in [0.1, 0.15) is 0 Å². The fourth-order valence-corrected chi connectivity index (χ4v) is 3.55. The molecule has 26 heavy (non-hydrogen) atoms. The van der Waals surface area contributed by atoms with Gasteiger partial charge in [0.05, 0.1) is 12.7 Å². The van der Waals surface area contributed by atoms with Crippen LogP contribution >= 0.6 is 35.7 Å². The van der Waals surface area contributed by atoms with Gasteiger partial charge in [-0.2, -0.15) is 0 Å². The SMILES string of the molecule is CN=C(NCCCOCC1CCCO1)NCC(C)Sc1ccccc1.I. The molecule has 0 radical (unpaired) electrons. The maximum absolute atomic E-state index is 5.67. The van der Waals surface area contributed by atoms with Gasteiger partial charge in [0.25, 0.3) is 0 Å². The van der Waals surface area contributed by atoms with E-state index in [4.69, 9.17) is 9.47 Å². The first-order valence-corrected chi connectivity index (χ1v) is 10.0. The van der Waals surface area contributed by atoms with Crippen LogP contribution in [0.1, 0.15) is 26.2 Å². The van der Waals surface area contributed by atoms with Crippen LogP contribution in [0.5, 0.6) is 0 Å². The van der Waals surface area contributed by atoms with E-state index >= 15 is 0 Å². The third kappa shape index (κ3) is 9.99. The Hall–Kier alpha value is -0.510. The molecule has 1 aliphatic rings. The van der Waals surface area contributed by atoms with E-state index in [1.807, 2.05) is 17.8 Å². The molecule has 0 aliphatic carbocycles. The van der Waals surface area contributed by atoms with Crippen LogP contribution in [0.25, 0.3) is 0 Å². The van der Waals surface area contributed by atoms with Crippen LogP contribution in [-0.2, 0) is 9.47 Å². The lowest BCUT2D eigenvalue weighted by molar-refractivity contribution is 0.0168. The quantitative estimate of drug-likeness (QED) is 0.172. The molecule has 1 aliphatic heterocycles. The monoisotopic (exact) mass is 493 g/mol. The topological polar surface area (TPSA) is 54.9 Å². The normalized spacial score (nSPS) is 18.2. The molecule has 2 rings (SSSR count). The number of hydrogen-bond acceptors (Lipinski definition) is 4. The third-order valence-electron chi connectivity index (χ3n) is 3.95. The molecule has 2 unspecified atom stereocenters. The minimum atomic E-state index is 0. The van der Waals surface area contributed by atoms with Crippen molar-refractivity contribution < 1.29 is 9.47 Å². The van der Waals surface area contributed by atoms with Crippen molar-refractivity contribution in [2.75, 3.05) is 40.0 Å². The van der Waals surface area contributed by atoms with E-state index in [2.05, 4.69) is 46.8 Å². The standard InChI is InChI=1S/C19H31N3O2S.HI/c1-16(25-18-9-4-3-5-10-18)14-22-19(20-2)21-11-7-12-23-15-17-8-6-13-24-17;/h3-5,9-10,16-17H,6-8,11-15H2,1-2H3,(H2,20,21,22);1H. The van der Waals surface area contributed by atoms with Crippen LogP contribution in [0.3, 0.4) is 0 Å². The molecule has 1 fully saturated rings. The second-order valence-electron chi connectivity index (χ2n) is 6.18. The number of halogens is 1. The summed E-state index contributed by atoms with van der Waals surface area (Å²) in [4.78, 5) is 5.57. The number of benzene rings is 1. The minimum Gasteiger partial charge on any atom is -0.379 e. The van der Waals surface area contributed by atoms with Gasteiger partial charge >= 0.3 is 0 Å². The van der Waals surface area contributed by atoms with Crippen LogP contribution in [0.2, 0.25) is 0 Å². The number of aliphatic imine (C=N–C) groups is 1. The summed E-state index contributed by atoms with van der Waals surface area (Å²) >= 11 is 1.87. The Balaban J connectivity index is 0.00000338. The van der Waals surface area contributed by atoms with Crippen molar-refractivity contribution in [3.8, 4) is 0 Å². The van der Waals surface area contributed by atoms with Crippen molar-refractivity contribution >= 4 is 41.7 Å². The van der Waals surface area contributed by atoms with Gasteiger partial charge in [-0.25, -0.2) is 0 Å². The van der Waals surface area contributed by atoms with Crippen molar-refractivity contribution in [2.24, 2.45) is 4.99 Å². The summed E-state index contributed by atoms with van der Waals surface area (Å²) < 4.78 is 11.2. The average molecular weight is 493 g/mol. The van der Waals surface area contributed by atoms with E-state index in [0.29, 0.717) is 11.4 Å². The molecule has 5 nitrogen and oxygen atoms in total. The zero-order valence-electron chi connectivity index (χ0n) is 15.8. The zero-order chi connectivity index (χ0) is 17.7. The van der Waals surface area contributed by atoms with Crippen molar-refractivity contribution in [2.45, 2.75) is 42.4 Å². The smallest absolute Gasteiger partial charge is 0.191 e. The van der Waals surface area contributed by atoms with Crippen molar-refractivity contribution in [1.82, 2.24) is 10.6 Å². The largest absolute Gasteiger partial charge is 0.379 e. The Morgan fingerprint density at radius 1 is 1.35 bits per heavy atom. The van der Waals surface area contributed by atoms with E-state index in [1.165, 1.54) is 11.3 Å². The first kappa shape index (κ1) is 23.5. The number of thioether (sulfide) groups is 1. The lowest BCUT2D eigenvalue weighted by atomic mass is 10.2. The number of rotatable bonds is 10. The Morgan fingerprint density at radius 2 is 2.15 bits per heavy atom. The first-order valence-electron chi connectivity index (χ1n) is 9.13. The maximum Gasteiger partial charge on any atom is 0.191 e. The van der Waals surface area contributed by atoms with Gasteiger partial charge in [0.2, 0.25) is 0 Å². The van der Waals surface area contributed by atoms with E-state index < -0.39 is 0 Å². The molecule has 0 spiro atoms. The van der Waals surface area contributed by atoms with Crippen LogP contribution in [-0.4, -0.2) is 57.3 Å². The molecular formula is C19H32IN3O2S. The molecule has 0 saturated carbocycles. The predicted octanol–water partition coefficient (Wildman–Crippen LogP) is 3.54. The summed E-state index contributed by atoms with van der Waals surface area (Å²) in [5.41, 5.74) is 0. The molecule has 2 N–H and O–H groups in total. The molecule has 1 aromatic carbocycles. The van der Waals surface area contributed by atoms with Crippen molar-refractivity contribution in [1.29, 1.82) is 0 Å². The van der Waals surface area contributed by atoms with Gasteiger partial charge in [-0.3, -0.25) is 4.99 Å². The van der Waals surface area contributed by atoms with E-state index in [1.54, 1.807) is 7.05 Å². The molecule has 7 heteroatoms. The van der Waals surface area contributed by atoms with Gasteiger partial charge in [0.15, 0.2) is 5.96 Å². The summed E-state index contributed by atoms with van der Waals surface area (Å²) in [5, 5.41) is 7.19. The number of nitrogens with one attached hydrogen (secondary N) is 2. The summed E-state index contributed by atoms with van der Waals surface area (Å²) in [5.74, 6) is 0.847. The molecule has 0 amide bonds. The predicted molar refractivity (Wildman–Crippen MR) is 121 cm³/mol. The zero-order valence-corrected chi connectivity index (χ0v) is 18.9. The molecular weight excluding hydrogens is 461 g/mol. The highest BCUT2D eigenvalue weighted by Gasteiger charge is 2.14. The number of guanidine groups is 1. The molecule has 1 heterocycles. The summed E-state index contributed by atoms with van der Waals surface area (Å²) in [6, 6.07) is 10.5. The van der Waals surface area contributed by atoms with Crippen molar-refractivity contribution in [3.05, 3.63) is 30.3 Å². The van der Waals surface area contributed by atoms with Gasteiger partial charge in [-0.1, -0.05) is 25.1 Å². The average Bonchev–Trinajstić information content (AvgIpc) is 3.15. The van der Waals surface area contributed by atoms with Crippen LogP contribution in [0.4, 0.5) is 0 Å². The van der Waals surface area contributed by atoms with Crippen LogP contribution in [0, 0.1) is 0 Å². The van der Waals surface area contributed by atoms with Gasteiger partial charge in [0, 0.05) is 43.5 Å². The number of nitrogens with zero attached hydrogens (tertiary/aromatic N) is 1. The van der Waals surface area contributed by atoms with Crippen molar-refractivity contribution in [3.63, 3.8) is 0 Å². The lowest BCUT2D eigenvalue weighted by Gasteiger charge is -2.16. The first-order chi connectivity index (χ1) is 12.3. The van der Waals surface area contributed by atoms with Crippen LogP contribution in [0.15, 0.2) is 40.2 Å². The second-order valence-corrected chi connectivity index (χ2v) is 7.70.